The Morgan fingerprint density at radius 3 is 2.39 bits per heavy atom. The van der Waals surface area contributed by atoms with Crippen molar-refractivity contribution in [3.63, 3.8) is 0 Å². The molecule has 2 N–H and O–H groups in total. The number of carbonyl (C=O) groups excluding carboxylic acids is 3. The number of rotatable bonds is 9. The van der Waals surface area contributed by atoms with Crippen molar-refractivity contribution < 1.29 is 32.3 Å². The number of nitrogens with zero attached hydrogens (tertiary/aromatic N) is 5. The van der Waals surface area contributed by atoms with Crippen LogP contribution >= 0.6 is 15.9 Å². The lowest BCUT2D eigenvalue weighted by Gasteiger charge is -2.35. The Bertz CT molecular complexity index is 2070. The van der Waals surface area contributed by atoms with E-state index in [1.54, 1.807) is 60.3 Å². The van der Waals surface area contributed by atoms with Gasteiger partial charge in [0.1, 0.15) is 11.7 Å². The number of alkyl halides is 3. The molecule has 2 unspecified atom stereocenters. The molecule has 1 aliphatic carbocycles. The standard InChI is InChI=1S/C36H38BrF3N6O5/c1-19(2)30(41)35(50)51-18-43(4)32(47)22-7-10-25(11-8-22)45-31-24(14-21-5-6-21)16-42-46(31)29-17-44(20(3)13-26(29)34(45)49)33(48)23-9-12-28(37)27(15-23)36(38,39)40/h7-12,15-16,19-21,30H,5-6,13-14,17-18,41H2,1-4H3. The first kappa shape index (κ1) is 36.3. The SMILES string of the molecule is CC(C)C(N)C(=O)OCN(C)C(=O)c1ccc(-n2c(=O)c3c(n4ncc(CC5CC5)c24)CN(C(=O)c2ccc(Br)c(C(F)(F)F)c2)C(C)C3)cc1. The summed E-state index contributed by atoms with van der Waals surface area (Å²) in [6.45, 7) is 5.03. The van der Waals surface area contributed by atoms with Gasteiger partial charge in [-0.2, -0.15) is 18.3 Å². The maximum absolute atomic E-state index is 14.4. The van der Waals surface area contributed by atoms with Crippen LogP contribution in [-0.4, -0.2) is 67.6 Å². The second kappa shape index (κ2) is 13.9. The Morgan fingerprint density at radius 2 is 1.76 bits per heavy atom. The van der Waals surface area contributed by atoms with Gasteiger partial charge in [0.25, 0.3) is 17.4 Å². The quantitative estimate of drug-likeness (QED) is 0.179. The third-order valence-electron chi connectivity index (χ3n) is 9.54. The predicted molar refractivity (Wildman–Crippen MR) is 185 cm³/mol. The van der Waals surface area contributed by atoms with E-state index in [0.717, 1.165) is 24.5 Å². The number of halogens is 4. The highest BCUT2D eigenvalue weighted by atomic mass is 79.9. The van der Waals surface area contributed by atoms with Crippen LogP contribution < -0.4 is 11.3 Å². The summed E-state index contributed by atoms with van der Waals surface area (Å²) in [5.74, 6) is -1.26. The number of nitrogens with two attached hydrogens (primary N) is 1. The largest absolute Gasteiger partial charge is 0.443 e. The maximum Gasteiger partial charge on any atom is 0.417 e. The van der Waals surface area contributed by atoms with Gasteiger partial charge >= 0.3 is 12.1 Å². The van der Waals surface area contributed by atoms with Crippen LogP contribution in [0.25, 0.3) is 11.3 Å². The molecule has 2 aromatic heterocycles. The smallest absolute Gasteiger partial charge is 0.417 e. The van der Waals surface area contributed by atoms with Crippen LogP contribution in [0.3, 0.4) is 0 Å². The van der Waals surface area contributed by atoms with Gasteiger partial charge in [0, 0.05) is 39.8 Å². The molecular formula is C36H38BrF3N6O5. The van der Waals surface area contributed by atoms with Gasteiger partial charge in [-0.1, -0.05) is 29.8 Å². The minimum atomic E-state index is -4.66. The second-order valence-corrected chi connectivity index (χ2v) is 14.6. The van der Waals surface area contributed by atoms with Crippen LogP contribution in [0.4, 0.5) is 13.2 Å². The molecule has 1 fully saturated rings. The summed E-state index contributed by atoms with van der Waals surface area (Å²) in [7, 11) is 1.50. The average molecular weight is 772 g/mol. The van der Waals surface area contributed by atoms with Crippen LogP contribution in [-0.2, 0) is 35.1 Å². The molecule has 1 saturated carbocycles. The van der Waals surface area contributed by atoms with Crippen molar-refractivity contribution >= 4 is 39.4 Å². The molecule has 0 spiro atoms. The van der Waals surface area contributed by atoms with Gasteiger partial charge in [-0.15, -0.1) is 0 Å². The summed E-state index contributed by atoms with van der Waals surface area (Å²) in [5, 5.41) is 4.67. The van der Waals surface area contributed by atoms with Crippen molar-refractivity contribution in [2.75, 3.05) is 13.8 Å². The fourth-order valence-corrected chi connectivity index (χ4v) is 6.75. The third kappa shape index (κ3) is 7.18. The molecule has 0 saturated heterocycles. The Kier molecular flexibility index (Phi) is 9.90. The molecular weight excluding hydrogens is 733 g/mol. The van der Waals surface area contributed by atoms with E-state index in [1.165, 1.54) is 29.0 Å². The zero-order chi connectivity index (χ0) is 36.9. The molecule has 11 nitrogen and oxygen atoms in total. The van der Waals surface area contributed by atoms with Crippen molar-refractivity contribution in [1.29, 1.82) is 0 Å². The van der Waals surface area contributed by atoms with Crippen molar-refractivity contribution in [1.82, 2.24) is 24.0 Å². The van der Waals surface area contributed by atoms with Gasteiger partial charge in [0.05, 0.1) is 29.7 Å². The van der Waals surface area contributed by atoms with Gasteiger partial charge in [-0.3, -0.25) is 23.7 Å². The van der Waals surface area contributed by atoms with Crippen molar-refractivity contribution in [2.24, 2.45) is 17.6 Å². The van der Waals surface area contributed by atoms with E-state index in [4.69, 9.17) is 10.5 Å². The lowest BCUT2D eigenvalue weighted by Crippen LogP contribution is -2.46. The Morgan fingerprint density at radius 1 is 1.10 bits per heavy atom. The number of hydrogen-bond donors (Lipinski definition) is 1. The predicted octanol–water partition coefficient (Wildman–Crippen LogP) is 5.36. The molecule has 1 aliphatic heterocycles. The minimum Gasteiger partial charge on any atom is -0.443 e. The third-order valence-corrected chi connectivity index (χ3v) is 10.2. The highest BCUT2D eigenvalue weighted by molar-refractivity contribution is 9.10. The van der Waals surface area contributed by atoms with E-state index in [1.807, 2.05) is 0 Å². The first-order valence-corrected chi connectivity index (χ1v) is 17.4. The molecule has 0 bridgehead atoms. The minimum absolute atomic E-state index is 0.0315. The highest BCUT2D eigenvalue weighted by Crippen LogP contribution is 2.37. The summed E-state index contributed by atoms with van der Waals surface area (Å²) >= 11 is 2.93. The first-order valence-electron chi connectivity index (χ1n) is 16.7. The molecule has 4 aromatic rings. The van der Waals surface area contributed by atoms with Crippen LogP contribution in [0.5, 0.6) is 0 Å². The fourth-order valence-electron chi connectivity index (χ4n) is 6.28. The Labute approximate surface area is 300 Å². The van der Waals surface area contributed by atoms with Crippen LogP contribution in [0.1, 0.15) is 76.7 Å². The molecule has 2 aliphatic rings. The van der Waals surface area contributed by atoms with E-state index >= 15 is 0 Å². The molecule has 51 heavy (non-hydrogen) atoms. The Hall–Kier alpha value is -4.50. The molecule has 2 atom stereocenters. The van der Waals surface area contributed by atoms with Crippen LogP contribution in [0.2, 0.25) is 0 Å². The number of amides is 2. The number of benzene rings is 2. The maximum atomic E-state index is 14.4. The van der Waals surface area contributed by atoms with E-state index in [-0.39, 0.29) is 41.2 Å². The molecule has 15 heteroatoms. The van der Waals surface area contributed by atoms with Crippen LogP contribution in [0.15, 0.2) is 57.9 Å². The number of hydrogen-bond acceptors (Lipinski definition) is 7. The van der Waals surface area contributed by atoms with Gasteiger partial charge < -0.3 is 20.3 Å². The van der Waals surface area contributed by atoms with E-state index in [9.17, 15) is 32.3 Å². The Balaban J connectivity index is 1.33. The fraction of sp³-hybridized carbons (Fsp3) is 0.417. The second-order valence-electron chi connectivity index (χ2n) is 13.7. The van der Waals surface area contributed by atoms with E-state index in [2.05, 4.69) is 21.0 Å². The van der Waals surface area contributed by atoms with E-state index < -0.39 is 41.6 Å². The average Bonchev–Trinajstić information content (AvgIpc) is 3.83. The number of carbonyl (C=O) groups is 3. The van der Waals surface area contributed by atoms with Gasteiger partial charge in [0.15, 0.2) is 6.73 Å². The zero-order valence-electron chi connectivity index (χ0n) is 28.5. The molecule has 270 valence electrons. The summed E-state index contributed by atoms with van der Waals surface area (Å²) in [6.07, 6.45) is 0.0253. The van der Waals surface area contributed by atoms with Gasteiger partial charge in [-0.05, 0) is 86.9 Å². The topological polar surface area (TPSA) is 132 Å². The van der Waals surface area contributed by atoms with Crippen molar-refractivity contribution in [3.05, 3.63) is 97.0 Å². The van der Waals surface area contributed by atoms with Crippen molar-refractivity contribution in [3.8, 4) is 5.69 Å². The summed E-state index contributed by atoms with van der Waals surface area (Å²) < 4.78 is 49.3. The highest BCUT2D eigenvalue weighted by Gasteiger charge is 2.37. The van der Waals surface area contributed by atoms with E-state index in [0.29, 0.717) is 40.5 Å². The molecule has 2 amide bonds. The monoisotopic (exact) mass is 770 g/mol. The number of ether oxygens (including phenoxy) is 1. The molecule has 2 aromatic carbocycles. The summed E-state index contributed by atoms with van der Waals surface area (Å²) in [4.78, 5) is 56.2. The molecule has 6 rings (SSSR count). The normalized spacial score (nSPS) is 16.7. The molecule has 3 heterocycles. The first-order chi connectivity index (χ1) is 24.1. The van der Waals surface area contributed by atoms with Crippen LogP contribution in [0, 0.1) is 11.8 Å². The number of fused-ring (bicyclic) bond motifs is 3. The summed E-state index contributed by atoms with van der Waals surface area (Å²) in [5.41, 5.74) is 7.59. The van der Waals surface area contributed by atoms with Crippen molar-refractivity contribution in [2.45, 2.75) is 71.3 Å². The lowest BCUT2D eigenvalue weighted by atomic mass is 9.97. The number of esters is 1. The number of aromatic nitrogens is 3. The zero-order valence-corrected chi connectivity index (χ0v) is 30.1. The van der Waals surface area contributed by atoms with Gasteiger partial charge in [0.2, 0.25) is 0 Å². The molecule has 0 radical (unpaired) electrons. The van der Waals surface area contributed by atoms with Gasteiger partial charge in [-0.25, -0.2) is 4.52 Å². The summed E-state index contributed by atoms with van der Waals surface area (Å²) in [6, 6.07) is 8.58. The lowest BCUT2D eigenvalue weighted by molar-refractivity contribution is -0.149.